The topological polar surface area (TPSA) is 59.1 Å². The summed E-state index contributed by atoms with van der Waals surface area (Å²) in [7, 11) is -1.26. The molecular formula is C17H16N2O2S3. The second-order valence-electron chi connectivity index (χ2n) is 5.09. The summed E-state index contributed by atoms with van der Waals surface area (Å²) in [6, 6.07) is 13.8. The Labute approximate surface area is 151 Å². The van der Waals surface area contributed by atoms with Gasteiger partial charge in [0.1, 0.15) is 10.8 Å². The molecule has 2 aromatic heterocycles. The quantitative estimate of drug-likeness (QED) is 0.687. The first-order valence-electron chi connectivity index (χ1n) is 7.34. The highest BCUT2D eigenvalue weighted by atomic mass is 32.2. The zero-order valence-electron chi connectivity index (χ0n) is 12.8. The molecule has 0 saturated heterocycles. The predicted molar refractivity (Wildman–Crippen MR) is 100 cm³/mol. The smallest absolute Gasteiger partial charge is 0.232 e. The third kappa shape index (κ3) is 4.83. The van der Waals surface area contributed by atoms with Crippen molar-refractivity contribution in [3.05, 3.63) is 63.8 Å². The minimum absolute atomic E-state index is 0.00354. The number of thiophene rings is 1. The summed E-state index contributed by atoms with van der Waals surface area (Å²) in [5.41, 5.74) is 1.82. The molecule has 1 N–H and O–H groups in total. The molecule has 0 bridgehead atoms. The first-order valence-corrected chi connectivity index (χ1v) is 10.6. The molecule has 3 aromatic rings. The molecule has 0 aliphatic carbocycles. The maximum absolute atomic E-state index is 12.1. The Morgan fingerprint density at radius 1 is 1.12 bits per heavy atom. The Kier molecular flexibility index (Phi) is 5.90. The molecule has 0 saturated carbocycles. The van der Waals surface area contributed by atoms with Gasteiger partial charge in [0.2, 0.25) is 5.91 Å². The number of amides is 1. The van der Waals surface area contributed by atoms with Crippen molar-refractivity contribution < 1.29 is 9.00 Å². The molecule has 24 heavy (non-hydrogen) atoms. The van der Waals surface area contributed by atoms with Crippen LogP contribution in [0.15, 0.2) is 53.2 Å². The van der Waals surface area contributed by atoms with E-state index < -0.39 is 10.8 Å². The van der Waals surface area contributed by atoms with Crippen molar-refractivity contribution in [2.75, 3.05) is 5.75 Å². The van der Waals surface area contributed by atoms with Gasteiger partial charge >= 0.3 is 0 Å². The molecule has 4 nitrogen and oxygen atoms in total. The van der Waals surface area contributed by atoms with Crippen LogP contribution in [-0.2, 0) is 27.9 Å². The van der Waals surface area contributed by atoms with Crippen molar-refractivity contribution in [3.8, 4) is 10.6 Å². The Morgan fingerprint density at radius 3 is 2.71 bits per heavy atom. The van der Waals surface area contributed by atoms with Crippen molar-refractivity contribution in [3.63, 3.8) is 0 Å². The molecule has 1 amide bonds. The lowest BCUT2D eigenvalue weighted by atomic mass is 10.2. The Morgan fingerprint density at radius 2 is 1.96 bits per heavy atom. The van der Waals surface area contributed by atoms with Crippen LogP contribution in [0, 0.1) is 0 Å². The number of thiazole rings is 1. The van der Waals surface area contributed by atoms with Gasteiger partial charge in [-0.15, -0.1) is 22.7 Å². The highest BCUT2D eigenvalue weighted by Crippen LogP contribution is 2.23. The summed E-state index contributed by atoms with van der Waals surface area (Å²) in [5, 5.41) is 7.57. The largest absolute Gasteiger partial charge is 0.350 e. The van der Waals surface area contributed by atoms with Crippen LogP contribution >= 0.6 is 22.7 Å². The van der Waals surface area contributed by atoms with Crippen molar-refractivity contribution in [2.45, 2.75) is 12.3 Å². The first-order chi connectivity index (χ1) is 11.7. The van der Waals surface area contributed by atoms with Gasteiger partial charge in [0, 0.05) is 26.6 Å². The maximum atomic E-state index is 12.1. The van der Waals surface area contributed by atoms with E-state index in [-0.39, 0.29) is 11.7 Å². The van der Waals surface area contributed by atoms with Gasteiger partial charge in [0.15, 0.2) is 0 Å². The Hall–Kier alpha value is -1.83. The van der Waals surface area contributed by atoms with E-state index in [1.54, 1.807) is 11.3 Å². The molecule has 2 heterocycles. The normalized spacial score (nSPS) is 12.0. The van der Waals surface area contributed by atoms with Gasteiger partial charge in [-0.2, -0.15) is 0 Å². The average Bonchev–Trinajstić information content (AvgIpc) is 3.25. The fourth-order valence-corrected chi connectivity index (χ4v) is 4.65. The number of hydrogen-bond donors (Lipinski definition) is 1. The van der Waals surface area contributed by atoms with Crippen molar-refractivity contribution in [2.24, 2.45) is 0 Å². The van der Waals surface area contributed by atoms with Crippen molar-refractivity contribution in [1.82, 2.24) is 10.3 Å². The van der Waals surface area contributed by atoms with Gasteiger partial charge < -0.3 is 5.32 Å². The van der Waals surface area contributed by atoms with Gasteiger partial charge in [0.25, 0.3) is 0 Å². The standard InChI is InChI=1S/C17H16N2O2S3/c20-16(18-9-15-7-4-8-22-15)12-24(21)11-14-10-23-17(19-14)13-5-2-1-3-6-13/h1-8,10H,9,11-12H2,(H,18,20). The summed E-state index contributed by atoms with van der Waals surface area (Å²) in [6.07, 6.45) is 0. The number of carbonyl (C=O) groups excluding carboxylic acids is 1. The number of hydrogen-bond acceptors (Lipinski definition) is 5. The molecule has 1 atom stereocenters. The van der Waals surface area contributed by atoms with Gasteiger partial charge in [-0.25, -0.2) is 4.98 Å². The van der Waals surface area contributed by atoms with E-state index in [0.29, 0.717) is 12.3 Å². The van der Waals surface area contributed by atoms with E-state index in [1.807, 2.05) is 53.2 Å². The Balaban J connectivity index is 1.50. The van der Waals surface area contributed by atoms with Gasteiger partial charge in [0.05, 0.1) is 18.0 Å². The first kappa shape index (κ1) is 17.0. The van der Waals surface area contributed by atoms with Crippen LogP contribution in [0.25, 0.3) is 10.6 Å². The lowest BCUT2D eigenvalue weighted by Gasteiger charge is -2.03. The second kappa shape index (κ2) is 8.32. The van der Waals surface area contributed by atoms with Crippen molar-refractivity contribution >= 4 is 39.4 Å². The highest BCUT2D eigenvalue weighted by molar-refractivity contribution is 7.84. The van der Waals surface area contributed by atoms with E-state index in [1.165, 1.54) is 11.3 Å². The van der Waals surface area contributed by atoms with Crippen LogP contribution in [0.3, 0.4) is 0 Å². The average molecular weight is 377 g/mol. The zero-order valence-corrected chi connectivity index (χ0v) is 15.3. The van der Waals surface area contributed by atoms with Crippen molar-refractivity contribution in [1.29, 1.82) is 0 Å². The number of benzene rings is 1. The lowest BCUT2D eigenvalue weighted by Crippen LogP contribution is -2.27. The molecular weight excluding hydrogens is 360 g/mol. The number of carbonyl (C=O) groups is 1. The second-order valence-corrected chi connectivity index (χ2v) is 8.44. The summed E-state index contributed by atoms with van der Waals surface area (Å²) < 4.78 is 12.1. The molecule has 0 fully saturated rings. The molecule has 7 heteroatoms. The van der Waals surface area contributed by atoms with E-state index >= 15 is 0 Å². The number of nitrogens with one attached hydrogen (secondary N) is 1. The molecule has 0 radical (unpaired) electrons. The lowest BCUT2D eigenvalue weighted by molar-refractivity contribution is -0.118. The summed E-state index contributed by atoms with van der Waals surface area (Å²) in [6.45, 7) is 0.489. The van der Waals surface area contributed by atoms with E-state index in [0.717, 1.165) is 21.1 Å². The van der Waals surface area contributed by atoms with E-state index in [2.05, 4.69) is 10.3 Å². The molecule has 1 aromatic carbocycles. The molecule has 124 valence electrons. The van der Waals surface area contributed by atoms with Crippen LogP contribution in [-0.4, -0.2) is 20.9 Å². The predicted octanol–water partition coefficient (Wildman–Crippen LogP) is 3.44. The summed E-state index contributed by atoms with van der Waals surface area (Å²) in [5.74, 6) is 0.111. The maximum Gasteiger partial charge on any atom is 0.232 e. The number of rotatable bonds is 7. The molecule has 0 aliphatic rings. The Bertz CT molecular complexity index is 814. The van der Waals surface area contributed by atoms with Crippen LogP contribution in [0.1, 0.15) is 10.6 Å². The summed E-state index contributed by atoms with van der Waals surface area (Å²) >= 11 is 3.12. The molecule has 0 aliphatic heterocycles. The zero-order chi connectivity index (χ0) is 16.8. The molecule has 1 unspecified atom stereocenters. The molecule has 3 rings (SSSR count). The number of aromatic nitrogens is 1. The minimum Gasteiger partial charge on any atom is -0.350 e. The van der Waals surface area contributed by atoms with Gasteiger partial charge in [-0.1, -0.05) is 36.4 Å². The fraction of sp³-hybridized carbons (Fsp3) is 0.176. The van der Waals surface area contributed by atoms with Crippen LogP contribution < -0.4 is 5.32 Å². The highest BCUT2D eigenvalue weighted by Gasteiger charge is 2.12. The van der Waals surface area contributed by atoms with Crippen LogP contribution in [0.5, 0.6) is 0 Å². The monoisotopic (exact) mass is 376 g/mol. The summed E-state index contributed by atoms with van der Waals surface area (Å²) in [4.78, 5) is 17.4. The number of nitrogens with zero attached hydrogens (tertiary/aromatic N) is 1. The molecule has 0 spiro atoms. The van der Waals surface area contributed by atoms with Crippen LogP contribution in [0.4, 0.5) is 0 Å². The van der Waals surface area contributed by atoms with Crippen LogP contribution in [0.2, 0.25) is 0 Å². The SMILES string of the molecule is O=C(CS(=O)Cc1csc(-c2ccccc2)n1)NCc1cccs1. The van der Waals surface area contributed by atoms with Gasteiger partial charge in [-0.05, 0) is 11.4 Å². The third-order valence-corrected chi connectivity index (χ3v) is 6.23. The minimum atomic E-state index is -1.26. The third-order valence-electron chi connectivity index (χ3n) is 3.21. The van der Waals surface area contributed by atoms with Gasteiger partial charge in [-0.3, -0.25) is 9.00 Å². The van der Waals surface area contributed by atoms with E-state index in [9.17, 15) is 9.00 Å². The fourth-order valence-electron chi connectivity index (χ4n) is 2.10. The van der Waals surface area contributed by atoms with E-state index in [4.69, 9.17) is 0 Å².